The van der Waals surface area contributed by atoms with Crippen molar-refractivity contribution in [1.29, 1.82) is 5.41 Å². The van der Waals surface area contributed by atoms with Crippen molar-refractivity contribution < 1.29 is 13.2 Å². The molecule has 0 unspecified atom stereocenters. The molecule has 2 heterocycles. The van der Waals surface area contributed by atoms with Crippen molar-refractivity contribution in [2.75, 3.05) is 0 Å². The van der Waals surface area contributed by atoms with Gasteiger partial charge in [-0.3, -0.25) is 10.4 Å². The Hall–Kier alpha value is -2.71. The second-order valence-electron chi connectivity index (χ2n) is 6.22. The quantitative estimate of drug-likeness (QED) is 0.384. The molecule has 0 fully saturated rings. The van der Waals surface area contributed by atoms with E-state index in [1.165, 1.54) is 11.1 Å². The fourth-order valence-corrected chi connectivity index (χ4v) is 5.23. The summed E-state index contributed by atoms with van der Waals surface area (Å²) in [6, 6.07) is 17.5. The molecule has 1 aromatic heterocycles. The van der Waals surface area contributed by atoms with Crippen LogP contribution in [-0.2, 0) is 0 Å². The Labute approximate surface area is 173 Å². The number of benzene rings is 2. The van der Waals surface area contributed by atoms with Crippen molar-refractivity contribution in [2.45, 2.75) is 25.8 Å². The lowest BCUT2D eigenvalue weighted by Gasteiger charge is -2.21. The van der Waals surface area contributed by atoms with E-state index in [1.54, 1.807) is 35.7 Å². The van der Waals surface area contributed by atoms with E-state index in [4.69, 9.17) is 11.1 Å². The highest BCUT2D eigenvalue weighted by atomic mass is 32.2. The average Bonchev–Trinajstić information content (AvgIpc) is 2.71. The normalized spacial score (nSPS) is 13.6. The van der Waals surface area contributed by atoms with Crippen molar-refractivity contribution >= 4 is 29.2 Å². The number of allylic oxidation sites excluding steroid dienone is 2. The molecule has 0 spiro atoms. The van der Waals surface area contributed by atoms with E-state index in [2.05, 4.69) is 17.1 Å². The van der Waals surface area contributed by atoms with Crippen LogP contribution < -0.4 is 5.73 Å². The summed E-state index contributed by atoms with van der Waals surface area (Å²) in [5, 5.41) is 7.96. The molecular formula is C21H14F3N3S2. The van der Waals surface area contributed by atoms with Crippen LogP contribution in [0.2, 0.25) is 0 Å². The highest BCUT2D eigenvalue weighted by Gasteiger charge is 2.31. The first-order chi connectivity index (χ1) is 13.8. The van der Waals surface area contributed by atoms with Gasteiger partial charge in [0, 0.05) is 25.8 Å². The summed E-state index contributed by atoms with van der Waals surface area (Å²) >= 11 is 3.34. The molecule has 3 nitrogen and oxygen atoms in total. The van der Waals surface area contributed by atoms with E-state index in [0.717, 1.165) is 25.8 Å². The first kappa shape index (κ1) is 19.6. The number of nitrogens with one attached hydrogen (secondary N) is 1. The Kier molecular flexibility index (Phi) is 5.14. The fraction of sp³-hybridized carbons (Fsp3) is 0.0476. The molecule has 2 aromatic carbocycles. The van der Waals surface area contributed by atoms with Gasteiger partial charge in [0.05, 0.1) is 11.4 Å². The molecule has 3 aromatic rings. The maximum absolute atomic E-state index is 12.7. The average molecular weight is 429 g/mol. The third-order valence-corrected chi connectivity index (χ3v) is 6.85. The summed E-state index contributed by atoms with van der Waals surface area (Å²) in [4.78, 5) is 8.57. The van der Waals surface area contributed by atoms with E-state index >= 15 is 0 Å². The first-order valence-corrected chi connectivity index (χ1v) is 10.1. The highest BCUT2D eigenvalue weighted by molar-refractivity contribution is 8.05. The number of hydrogen-bond donors (Lipinski definition) is 2. The molecule has 8 heteroatoms. The van der Waals surface area contributed by atoms with Crippen LogP contribution in [0.15, 0.2) is 92.1 Å². The van der Waals surface area contributed by atoms with E-state index in [-0.39, 0.29) is 11.4 Å². The van der Waals surface area contributed by atoms with Crippen LogP contribution >= 0.6 is 23.5 Å². The number of rotatable bonds is 3. The summed E-state index contributed by atoms with van der Waals surface area (Å²) in [5.74, 6) is 0. The van der Waals surface area contributed by atoms with Crippen molar-refractivity contribution in [3.63, 3.8) is 0 Å². The van der Waals surface area contributed by atoms with Gasteiger partial charge in [-0.15, -0.1) is 0 Å². The molecular weight excluding hydrogens is 415 g/mol. The Bertz CT molecular complexity index is 1140. The molecule has 0 atom stereocenters. The minimum atomic E-state index is -4.68. The van der Waals surface area contributed by atoms with E-state index in [1.807, 2.05) is 30.3 Å². The van der Waals surface area contributed by atoms with Crippen LogP contribution in [0.5, 0.6) is 0 Å². The van der Waals surface area contributed by atoms with Gasteiger partial charge in [0.2, 0.25) is 0 Å². The molecule has 29 heavy (non-hydrogen) atoms. The number of nitrogens with zero attached hydrogens (tertiary/aromatic N) is 1. The second kappa shape index (κ2) is 7.61. The number of alkyl halides is 3. The SMILES string of the molecule is N=C(C=C(N)C(F)(F)F)c1cc(-c2cccc3c2Sc2ccccc2S3)ccn1. The number of fused-ring (bicyclic) bond motifs is 2. The highest BCUT2D eigenvalue weighted by Crippen LogP contribution is 2.51. The lowest BCUT2D eigenvalue weighted by molar-refractivity contribution is -0.0925. The predicted octanol–water partition coefficient (Wildman–Crippen LogP) is 6.14. The summed E-state index contributed by atoms with van der Waals surface area (Å²) in [5.41, 5.74) is 5.17. The van der Waals surface area contributed by atoms with Gasteiger partial charge in [0.15, 0.2) is 0 Å². The van der Waals surface area contributed by atoms with Crippen LogP contribution in [-0.4, -0.2) is 16.9 Å². The monoisotopic (exact) mass is 429 g/mol. The van der Waals surface area contributed by atoms with Gasteiger partial charge in [-0.1, -0.05) is 47.8 Å². The maximum atomic E-state index is 12.7. The van der Waals surface area contributed by atoms with Gasteiger partial charge in [-0.05, 0) is 47.5 Å². The number of pyridine rings is 1. The van der Waals surface area contributed by atoms with Crippen molar-refractivity contribution in [3.05, 3.63) is 78.3 Å². The number of hydrogen-bond acceptors (Lipinski definition) is 5. The van der Waals surface area contributed by atoms with Gasteiger partial charge in [0.25, 0.3) is 0 Å². The minimum Gasteiger partial charge on any atom is -0.395 e. The van der Waals surface area contributed by atoms with Crippen LogP contribution in [0, 0.1) is 5.41 Å². The molecule has 1 aliphatic rings. The molecule has 3 N–H and O–H groups in total. The summed E-state index contributed by atoms with van der Waals surface area (Å²) < 4.78 is 38.0. The zero-order valence-corrected chi connectivity index (χ0v) is 16.5. The third kappa shape index (κ3) is 4.04. The van der Waals surface area contributed by atoms with E-state index in [9.17, 15) is 13.2 Å². The summed E-state index contributed by atoms with van der Waals surface area (Å²) in [6.07, 6.45) is -2.60. The standard InChI is InChI=1S/C21H14F3N3S2/c22-21(23,24)19(26)11-14(25)15-10-12(8-9-27-15)13-4-3-7-18-20(13)29-17-6-2-1-5-16(17)28-18/h1-11,25H,26H2. The molecule has 0 aliphatic carbocycles. The topological polar surface area (TPSA) is 62.8 Å². The largest absolute Gasteiger partial charge is 0.430 e. The first-order valence-electron chi connectivity index (χ1n) is 8.50. The minimum absolute atomic E-state index is 0.126. The fourth-order valence-electron chi connectivity index (χ4n) is 2.83. The number of halogens is 3. The van der Waals surface area contributed by atoms with Crippen molar-refractivity contribution in [3.8, 4) is 11.1 Å². The second-order valence-corrected chi connectivity index (χ2v) is 8.36. The van der Waals surface area contributed by atoms with Gasteiger partial charge in [0.1, 0.15) is 5.70 Å². The molecule has 146 valence electrons. The van der Waals surface area contributed by atoms with E-state index < -0.39 is 11.9 Å². The Morgan fingerprint density at radius 2 is 1.66 bits per heavy atom. The van der Waals surface area contributed by atoms with E-state index in [0.29, 0.717) is 6.08 Å². The smallest absolute Gasteiger partial charge is 0.395 e. The maximum Gasteiger partial charge on any atom is 0.430 e. The van der Waals surface area contributed by atoms with Gasteiger partial charge in [-0.25, -0.2) is 0 Å². The van der Waals surface area contributed by atoms with Crippen LogP contribution in [0.3, 0.4) is 0 Å². The van der Waals surface area contributed by atoms with Crippen LogP contribution in [0.1, 0.15) is 5.69 Å². The van der Waals surface area contributed by atoms with Gasteiger partial charge in [-0.2, -0.15) is 13.2 Å². The van der Waals surface area contributed by atoms with Crippen LogP contribution in [0.4, 0.5) is 13.2 Å². The Balaban J connectivity index is 1.71. The zero-order chi connectivity index (χ0) is 20.6. The van der Waals surface area contributed by atoms with Gasteiger partial charge >= 0.3 is 6.18 Å². The van der Waals surface area contributed by atoms with Crippen molar-refractivity contribution in [2.24, 2.45) is 5.73 Å². The Morgan fingerprint density at radius 3 is 2.38 bits per heavy atom. The number of nitrogens with two attached hydrogens (primary N) is 1. The molecule has 0 saturated carbocycles. The zero-order valence-electron chi connectivity index (χ0n) is 14.8. The molecule has 0 radical (unpaired) electrons. The third-order valence-electron chi connectivity index (χ3n) is 4.23. The molecule has 0 saturated heterocycles. The molecule has 0 bridgehead atoms. The summed E-state index contributed by atoms with van der Waals surface area (Å²) in [7, 11) is 0. The Morgan fingerprint density at radius 1 is 0.966 bits per heavy atom. The predicted molar refractivity (Wildman–Crippen MR) is 110 cm³/mol. The lowest BCUT2D eigenvalue weighted by Crippen LogP contribution is -2.20. The molecule has 0 amide bonds. The molecule has 1 aliphatic heterocycles. The summed E-state index contributed by atoms with van der Waals surface area (Å²) in [6.45, 7) is 0. The van der Waals surface area contributed by atoms with Crippen molar-refractivity contribution in [1.82, 2.24) is 4.98 Å². The number of aromatic nitrogens is 1. The molecule has 4 rings (SSSR count). The van der Waals surface area contributed by atoms with Crippen LogP contribution in [0.25, 0.3) is 11.1 Å². The lowest BCUT2D eigenvalue weighted by atomic mass is 10.0. The van der Waals surface area contributed by atoms with Gasteiger partial charge < -0.3 is 5.73 Å².